The number of aromatic nitrogens is 4. The quantitative estimate of drug-likeness (QED) is 0.348. The molecule has 1 N–H and O–H groups in total. The van der Waals surface area contributed by atoms with Crippen LogP contribution in [0.25, 0.3) is 40.0 Å². The monoisotopic (exact) mass is 567 g/mol. The molecule has 0 aliphatic carbocycles. The van der Waals surface area contributed by atoms with Crippen molar-refractivity contribution in [2.45, 2.75) is 4.90 Å². The minimum absolute atomic E-state index is 0.0186. The Balaban J connectivity index is 1.34. The minimum atomic E-state index is -4.01. The van der Waals surface area contributed by atoms with E-state index in [4.69, 9.17) is 19.7 Å². The lowest BCUT2D eigenvalue weighted by atomic mass is 10.1. The van der Waals surface area contributed by atoms with Gasteiger partial charge in [0, 0.05) is 37.3 Å². The number of hydrogen-bond donors (Lipinski definition) is 1. The number of fused-ring (bicyclic) bond motifs is 3. The maximum Gasteiger partial charge on any atom is 0.335 e. The third-order valence-electron chi connectivity index (χ3n) is 7.28. The lowest BCUT2D eigenvalue weighted by molar-refractivity contribution is 0.122. The maximum atomic E-state index is 12.8. The number of carbonyl (C=O) groups is 1. The molecule has 5 heterocycles. The third-order valence-corrected chi connectivity index (χ3v) is 8.63. The number of pyridine rings is 1. The van der Waals surface area contributed by atoms with Gasteiger partial charge in [0.25, 0.3) is 10.0 Å². The van der Waals surface area contributed by atoms with E-state index in [2.05, 4.69) is 9.62 Å². The van der Waals surface area contributed by atoms with Gasteiger partial charge >= 0.3 is 6.03 Å². The molecule has 1 fully saturated rings. The lowest BCUT2D eigenvalue weighted by Gasteiger charge is -2.28. The first-order valence-electron chi connectivity index (χ1n) is 13.1. The summed E-state index contributed by atoms with van der Waals surface area (Å²) < 4.78 is 35.2. The number of para-hydroxylation sites is 1. The first-order chi connectivity index (χ1) is 19.9. The zero-order valence-electron chi connectivity index (χ0n) is 22.1. The van der Waals surface area contributed by atoms with E-state index in [1.54, 1.807) is 24.4 Å². The Morgan fingerprint density at radius 2 is 1.78 bits per heavy atom. The number of nitrogens with zero attached hydrogens (tertiary/aromatic N) is 6. The molecule has 41 heavy (non-hydrogen) atoms. The number of nitrogens with one attached hydrogen (secondary N) is 1. The Morgan fingerprint density at radius 1 is 0.976 bits per heavy atom. The third kappa shape index (κ3) is 4.46. The van der Waals surface area contributed by atoms with Gasteiger partial charge in [-0.25, -0.2) is 32.9 Å². The van der Waals surface area contributed by atoms with Crippen LogP contribution in [0.5, 0.6) is 0 Å². The molecule has 0 radical (unpaired) electrons. The number of morpholine rings is 1. The van der Waals surface area contributed by atoms with Gasteiger partial charge in [-0.1, -0.05) is 30.3 Å². The zero-order chi connectivity index (χ0) is 28.1. The first-order valence-corrected chi connectivity index (χ1v) is 14.6. The Kier molecular flexibility index (Phi) is 5.94. The van der Waals surface area contributed by atoms with E-state index in [1.165, 1.54) is 11.9 Å². The predicted molar refractivity (Wildman–Crippen MR) is 156 cm³/mol. The van der Waals surface area contributed by atoms with Crippen molar-refractivity contribution in [1.29, 1.82) is 0 Å². The van der Waals surface area contributed by atoms with Crippen molar-refractivity contribution in [3.63, 3.8) is 0 Å². The number of sulfonamides is 1. The summed E-state index contributed by atoms with van der Waals surface area (Å²) in [6, 6.07) is 16.2. The Labute approximate surface area is 235 Å². The number of anilines is 2. The minimum Gasteiger partial charge on any atom is -0.378 e. The summed E-state index contributed by atoms with van der Waals surface area (Å²) in [5, 5.41) is 1.07. The van der Waals surface area contributed by atoms with Crippen molar-refractivity contribution in [2.24, 2.45) is 0 Å². The van der Waals surface area contributed by atoms with E-state index in [9.17, 15) is 13.2 Å². The van der Waals surface area contributed by atoms with Gasteiger partial charge in [0.15, 0.2) is 11.5 Å². The summed E-state index contributed by atoms with van der Waals surface area (Å²) in [6.07, 6.45) is 7.44. The van der Waals surface area contributed by atoms with Gasteiger partial charge < -0.3 is 9.64 Å². The van der Waals surface area contributed by atoms with Crippen LogP contribution < -0.4 is 14.5 Å². The normalized spacial score (nSPS) is 16.9. The number of amides is 2. The average Bonchev–Trinajstić information content (AvgIpc) is 3.43. The van der Waals surface area contributed by atoms with Crippen LogP contribution in [-0.2, 0) is 14.8 Å². The molecule has 2 aromatic carbocycles. The maximum absolute atomic E-state index is 12.8. The van der Waals surface area contributed by atoms with Crippen molar-refractivity contribution in [1.82, 2.24) is 24.1 Å². The molecular formula is C29H25N7O4S. The number of imidazole rings is 1. The van der Waals surface area contributed by atoms with Crippen molar-refractivity contribution in [3.05, 3.63) is 78.4 Å². The summed E-state index contributed by atoms with van der Waals surface area (Å²) in [5.74, 6) is 0.720. The highest BCUT2D eigenvalue weighted by Crippen LogP contribution is 2.34. The molecule has 1 saturated heterocycles. The van der Waals surface area contributed by atoms with Crippen LogP contribution in [0.3, 0.4) is 0 Å². The SMILES string of the molecule is CN1C(=O)NS(=O)(=O)c2cc(-c3cnc(N4CCOCC4)c4nc(/C=C/c5ccc6ccccc6n5)cn34)ccc21. The fraction of sp³-hybridized carbons (Fsp3) is 0.172. The Morgan fingerprint density at radius 3 is 2.63 bits per heavy atom. The highest BCUT2D eigenvalue weighted by atomic mass is 32.2. The molecule has 0 bridgehead atoms. The van der Waals surface area contributed by atoms with Crippen molar-refractivity contribution < 1.29 is 17.9 Å². The van der Waals surface area contributed by atoms with E-state index in [0.29, 0.717) is 54.6 Å². The molecule has 7 rings (SSSR count). The van der Waals surface area contributed by atoms with Crippen LogP contribution in [0.2, 0.25) is 0 Å². The zero-order valence-corrected chi connectivity index (χ0v) is 22.9. The molecule has 2 aliphatic heterocycles. The van der Waals surface area contributed by atoms with Crippen molar-refractivity contribution in [2.75, 3.05) is 43.2 Å². The fourth-order valence-corrected chi connectivity index (χ4v) is 6.37. The number of rotatable bonds is 4. The van der Waals surface area contributed by atoms with Gasteiger partial charge in [-0.15, -0.1) is 0 Å². The van der Waals surface area contributed by atoms with E-state index in [0.717, 1.165) is 22.4 Å². The second-order valence-corrected chi connectivity index (χ2v) is 11.5. The van der Waals surface area contributed by atoms with E-state index < -0.39 is 16.1 Å². The van der Waals surface area contributed by atoms with Crippen LogP contribution in [0.4, 0.5) is 16.3 Å². The largest absolute Gasteiger partial charge is 0.378 e. The molecule has 0 unspecified atom stereocenters. The summed E-state index contributed by atoms with van der Waals surface area (Å²) in [5.41, 5.74) is 4.64. The highest BCUT2D eigenvalue weighted by molar-refractivity contribution is 7.90. The van der Waals surface area contributed by atoms with Gasteiger partial charge in [0.1, 0.15) is 4.90 Å². The first kappa shape index (κ1) is 25.2. The van der Waals surface area contributed by atoms with Gasteiger partial charge in [-0.2, -0.15) is 0 Å². The molecule has 2 aliphatic rings. The van der Waals surface area contributed by atoms with Gasteiger partial charge in [-0.05, 0) is 36.4 Å². The molecule has 206 valence electrons. The standard InChI is InChI=1S/C29H25N7O4S/c1-34-24-11-7-20(16-26(24)41(38,39)33-29(34)37)25-17-30-27(35-12-14-40-15-13-35)28-32-22(18-36(25)28)10-9-21-8-6-19-4-2-3-5-23(19)31-21/h2-11,16-18H,12-15H2,1H3,(H,33,37)/b10-9+. The predicted octanol–water partition coefficient (Wildman–Crippen LogP) is 3.80. The second-order valence-electron chi connectivity index (χ2n) is 9.84. The summed E-state index contributed by atoms with van der Waals surface area (Å²) in [7, 11) is -2.48. The van der Waals surface area contributed by atoms with Crippen LogP contribution in [0.1, 0.15) is 11.4 Å². The lowest BCUT2D eigenvalue weighted by Crippen LogP contribution is -2.45. The van der Waals surface area contributed by atoms with Crippen molar-refractivity contribution >= 4 is 56.3 Å². The van der Waals surface area contributed by atoms with Crippen LogP contribution in [-0.4, -0.2) is 67.2 Å². The number of urea groups is 1. The molecule has 0 atom stereocenters. The molecule has 12 heteroatoms. The number of benzene rings is 2. The summed E-state index contributed by atoms with van der Waals surface area (Å²) in [4.78, 5) is 29.9. The molecule has 11 nitrogen and oxygen atoms in total. The van der Waals surface area contributed by atoms with Crippen LogP contribution in [0.15, 0.2) is 71.9 Å². The molecule has 0 saturated carbocycles. The van der Waals surface area contributed by atoms with Gasteiger partial charge in [-0.3, -0.25) is 9.30 Å². The van der Waals surface area contributed by atoms with Gasteiger partial charge in [0.2, 0.25) is 0 Å². The van der Waals surface area contributed by atoms with Crippen LogP contribution in [0, 0.1) is 0 Å². The summed E-state index contributed by atoms with van der Waals surface area (Å²) in [6.45, 7) is 2.56. The molecular weight excluding hydrogens is 542 g/mol. The van der Waals surface area contributed by atoms with E-state index in [-0.39, 0.29) is 4.90 Å². The Hall–Kier alpha value is -4.81. The van der Waals surface area contributed by atoms with E-state index in [1.807, 2.05) is 59.1 Å². The fourth-order valence-electron chi connectivity index (χ4n) is 5.13. The molecule has 3 aromatic heterocycles. The molecule has 0 spiro atoms. The number of ether oxygens (including phenoxy) is 1. The number of carbonyl (C=O) groups excluding carboxylic acids is 1. The molecule has 2 amide bonds. The van der Waals surface area contributed by atoms with Crippen LogP contribution >= 0.6 is 0 Å². The molecule has 5 aromatic rings. The second kappa shape index (κ2) is 9.68. The number of hydrogen-bond acceptors (Lipinski definition) is 8. The van der Waals surface area contributed by atoms with E-state index >= 15 is 0 Å². The average molecular weight is 568 g/mol. The van der Waals surface area contributed by atoms with Crippen molar-refractivity contribution in [3.8, 4) is 11.3 Å². The summed E-state index contributed by atoms with van der Waals surface area (Å²) >= 11 is 0. The Bertz CT molecular complexity index is 1980. The highest BCUT2D eigenvalue weighted by Gasteiger charge is 2.32. The van der Waals surface area contributed by atoms with Gasteiger partial charge in [0.05, 0.1) is 47.7 Å². The smallest absolute Gasteiger partial charge is 0.335 e. The topological polar surface area (TPSA) is 122 Å².